The zero-order chi connectivity index (χ0) is 22.9. The summed E-state index contributed by atoms with van der Waals surface area (Å²) in [5.74, 6) is 2.10. The molecule has 0 fully saturated rings. The summed E-state index contributed by atoms with van der Waals surface area (Å²) in [5.41, 5.74) is 1.48. The number of fused-ring (bicyclic) bond motifs is 1. The minimum atomic E-state index is -0.606. The van der Waals surface area contributed by atoms with Crippen molar-refractivity contribution in [1.82, 2.24) is 10.2 Å². The van der Waals surface area contributed by atoms with Gasteiger partial charge >= 0.3 is 6.03 Å². The minimum absolute atomic E-state index is 0.0700. The van der Waals surface area contributed by atoms with Gasteiger partial charge in [0.05, 0.1) is 20.3 Å². The second-order valence-electron chi connectivity index (χ2n) is 7.08. The molecule has 9 heteroatoms. The molecule has 1 aliphatic heterocycles. The third kappa shape index (κ3) is 6.27. The van der Waals surface area contributed by atoms with Crippen molar-refractivity contribution >= 4 is 17.6 Å². The van der Waals surface area contributed by atoms with Crippen molar-refractivity contribution in [2.24, 2.45) is 0 Å². The summed E-state index contributed by atoms with van der Waals surface area (Å²) in [6.45, 7) is 6.58. The molecule has 0 radical (unpaired) electrons. The topological polar surface area (TPSA) is 98.4 Å². The molecule has 172 valence electrons. The maximum Gasteiger partial charge on any atom is 0.325 e. The largest absolute Gasteiger partial charge is 0.493 e. The number of amides is 3. The van der Waals surface area contributed by atoms with E-state index in [-0.39, 0.29) is 6.54 Å². The van der Waals surface area contributed by atoms with Crippen LogP contribution in [0.5, 0.6) is 23.0 Å². The summed E-state index contributed by atoms with van der Waals surface area (Å²) in [7, 11) is 1.59. The predicted octanol–water partition coefficient (Wildman–Crippen LogP) is 3.04. The van der Waals surface area contributed by atoms with Crippen molar-refractivity contribution in [3.05, 3.63) is 42.0 Å². The Labute approximate surface area is 187 Å². The first-order chi connectivity index (χ1) is 15.5. The van der Waals surface area contributed by atoms with Gasteiger partial charge in [-0.3, -0.25) is 15.0 Å². The van der Waals surface area contributed by atoms with E-state index in [1.807, 2.05) is 36.9 Å². The van der Waals surface area contributed by atoms with E-state index in [1.54, 1.807) is 25.3 Å². The fourth-order valence-corrected chi connectivity index (χ4v) is 3.28. The fourth-order valence-electron chi connectivity index (χ4n) is 3.28. The SMILES string of the molecule is CCOc1ccc(CN(CC)CC(=O)NC(=O)Nc2ccc3c(c2)OCCO3)cc1OC. The van der Waals surface area contributed by atoms with Crippen molar-refractivity contribution in [3.8, 4) is 23.0 Å². The van der Waals surface area contributed by atoms with Gasteiger partial charge in [-0.1, -0.05) is 13.0 Å². The number of urea groups is 1. The summed E-state index contributed by atoms with van der Waals surface area (Å²) in [6.07, 6.45) is 0. The molecule has 0 atom stereocenters. The first-order valence-electron chi connectivity index (χ1n) is 10.5. The maximum absolute atomic E-state index is 12.4. The normalized spacial score (nSPS) is 12.2. The lowest BCUT2D eigenvalue weighted by atomic mass is 10.2. The average molecular weight is 444 g/mol. The number of nitrogens with zero attached hydrogens (tertiary/aromatic N) is 1. The molecule has 0 aromatic heterocycles. The number of nitrogens with one attached hydrogen (secondary N) is 2. The number of methoxy groups -OCH3 is 1. The Bertz CT molecular complexity index is 949. The predicted molar refractivity (Wildman–Crippen MR) is 120 cm³/mol. The molecule has 2 aromatic rings. The number of carbonyl (C=O) groups excluding carboxylic acids is 2. The zero-order valence-corrected chi connectivity index (χ0v) is 18.6. The molecule has 0 unspecified atom stereocenters. The van der Waals surface area contributed by atoms with Gasteiger partial charge in [0.2, 0.25) is 5.91 Å². The van der Waals surface area contributed by atoms with Crippen molar-refractivity contribution in [1.29, 1.82) is 0 Å². The first-order valence-corrected chi connectivity index (χ1v) is 10.5. The quantitative estimate of drug-likeness (QED) is 0.615. The lowest BCUT2D eigenvalue weighted by molar-refractivity contribution is -0.121. The molecule has 32 heavy (non-hydrogen) atoms. The molecule has 0 aliphatic carbocycles. The molecule has 2 aromatic carbocycles. The lowest BCUT2D eigenvalue weighted by Crippen LogP contribution is -2.41. The smallest absolute Gasteiger partial charge is 0.325 e. The Balaban J connectivity index is 1.53. The lowest BCUT2D eigenvalue weighted by Gasteiger charge is -2.21. The van der Waals surface area contributed by atoms with E-state index in [2.05, 4.69) is 10.6 Å². The third-order valence-corrected chi connectivity index (χ3v) is 4.80. The first kappa shape index (κ1) is 23.2. The number of carbonyl (C=O) groups is 2. The van der Waals surface area contributed by atoms with Crippen molar-refractivity contribution in [2.45, 2.75) is 20.4 Å². The molecule has 1 heterocycles. The number of ether oxygens (including phenoxy) is 4. The third-order valence-electron chi connectivity index (χ3n) is 4.80. The number of benzene rings is 2. The van der Waals surface area contributed by atoms with Gasteiger partial charge in [-0.15, -0.1) is 0 Å². The summed E-state index contributed by atoms with van der Waals surface area (Å²) in [4.78, 5) is 26.6. The summed E-state index contributed by atoms with van der Waals surface area (Å²) in [6, 6.07) is 10.1. The molecule has 0 saturated carbocycles. The monoisotopic (exact) mass is 443 g/mol. The van der Waals surface area contributed by atoms with Gasteiger partial charge in [0, 0.05) is 18.3 Å². The highest BCUT2D eigenvalue weighted by atomic mass is 16.6. The van der Waals surface area contributed by atoms with Crippen LogP contribution in [0.15, 0.2) is 36.4 Å². The standard InChI is InChI=1S/C23H29N3O6/c1-4-26(14-16-6-8-18(30-5-2)20(12-16)29-3)15-22(27)25-23(28)24-17-7-9-19-21(13-17)32-11-10-31-19/h6-9,12-13H,4-5,10-11,14-15H2,1-3H3,(H2,24,25,27,28). The molecule has 3 rings (SSSR count). The Morgan fingerprint density at radius 1 is 1.03 bits per heavy atom. The molecule has 9 nitrogen and oxygen atoms in total. The highest BCUT2D eigenvalue weighted by Crippen LogP contribution is 2.32. The molecular formula is C23H29N3O6. The number of rotatable bonds is 9. The molecule has 3 amide bonds. The molecule has 2 N–H and O–H groups in total. The molecule has 0 saturated heterocycles. The number of hydrogen-bond donors (Lipinski definition) is 2. The zero-order valence-electron chi connectivity index (χ0n) is 18.6. The van der Waals surface area contributed by atoms with Crippen LogP contribution in [0.4, 0.5) is 10.5 Å². The Morgan fingerprint density at radius 2 is 1.81 bits per heavy atom. The highest BCUT2D eigenvalue weighted by Gasteiger charge is 2.16. The molecule has 0 bridgehead atoms. The van der Waals surface area contributed by atoms with Crippen molar-refractivity contribution in [3.63, 3.8) is 0 Å². The van der Waals surface area contributed by atoms with E-state index >= 15 is 0 Å². The van der Waals surface area contributed by atoms with Crippen LogP contribution in [0, 0.1) is 0 Å². The van der Waals surface area contributed by atoms with Crippen LogP contribution in [-0.4, -0.2) is 56.9 Å². The van der Waals surface area contributed by atoms with Crippen LogP contribution in [0.1, 0.15) is 19.4 Å². The van der Waals surface area contributed by atoms with Gasteiger partial charge in [-0.05, 0) is 43.3 Å². The second-order valence-corrected chi connectivity index (χ2v) is 7.08. The number of anilines is 1. The van der Waals surface area contributed by atoms with E-state index in [1.165, 1.54) is 0 Å². The second kappa shape index (κ2) is 11.2. The summed E-state index contributed by atoms with van der Waals surface area (Å²) >= 11 is 0. The van der Waals surface area contributed by atoms with Crippen LogP contribution in [0.25, 0.3) is 0 Å². The van der Waals surface area contributed by atoms with E-state index in [9.17, 15) is 9.59 Å². The van der Waals surface area contributed by atoms with Crippen molar-refractivity contribution in [2.75, 3.05) is 45.3 Å². The fraction of sp³-hybridized carbons (Fsp3) is 0.391. The van der Waals surface area contributed by atoms with Crippen LogP contribution >= 0.6 is 0 Å². The van der Waals surface area contributed by atoms with E-state index < -0.39 is 11.9 Å². The van der Waals surface area contributed by atoms with Crippen molar-refractivity contribution < 1.29 is 28.5 Å². The van der Waals surface area contributed by atoms with E-state index in [0.717, 1.165) is 5.56 Å². The summed E-state index contributed by atoms with van der Waals surface area (Å²) < 4.78 is 21.9. The van der Waals surface area contributed by atoms with Gasteiger partial charge in [-0.2, -0.15) is 0 Å². The molecule has 1 aliphatic rings. The van der Waals surface area contributed by atoms with Gasteiger partial charge in [0.25, 0.3) is 0 Å². The van der Waals surface area contributed by atoms with Gasteiger partial charge in [0.1, 0.15) is 13.2 Å². The van der Waals surface area contributed by atoms with Gasteiger partial charge < -0.3 is 24.3 Å². The number of likely N-dealkylation sites (N-methyl/N-ethyl adjacent to an activating group) is 1. The maximum atomic E-state index is 12.4. The molecular weight excluding hydrogens is 414 g/mol. The van der Waals surface area contributed by atoms with E-state index in [0.29, 0.717) is 61.6 Å². The van der Waals surface area contributed by atoms with Crippen LogP contribution in [-0.2, 0) is 11.3 Å². The average Bonchev–Trinajstić information content (AvgIpc) is 2.79. The van der Waals surface area contributed by atoms with Crippen LogP contribution in [0.3, 0.4) is 0 Å². The van der Waals surface area contributed by atoms with Crippen LogP contribution in [0.2, 0.25) is 0 Å². The highest BCUT2D eigenvalue weighted by molar-refractivity contribution is 6.01. The Hall–Kier alpha value is -3.46. The van der Waals surface area contributed by atoms with Crippen LogP contribution < -0.4 is 29.6 Å². The molecule has 0 spiro atoms. The Morgan fingerprint density at radius 3 is 2.53 bits per heavy atom. The summed E-state index contributed by atoms with van der Waals surface area (Å²) in [5, 5.41) is 5.00. The number of hydrogen-bond acceptors (Lipinski definition) is 7. The Kier molecular flexibility index (Phi) is 8.15. The van der Waals surface area contributed by atoms with Gasteiger partial charge in [-0.25, -0.2) is 4.79 Å². The van der Waals surface area contributed by atoms with Gasteiger partial charge in [0.15, 0.2) is 23.0 Å². The van der Waals surface area contributed by atoms with E-state index in [4.69, 9.17) is 18.9 Å². The number of imide groups is 1. The minimum Gasteiger partial charge on any atom is -0.493 e.